The van der Waals surface area contributed by atoms with Gasteiger partial charge in [0.15, 0.2) is 6.61 Å². The Labute approximate surface area is 142 Å². The third kappa shape index (κ3) is 2.89. The van der Waals surface area contributed by atoms with Gasteiger partial charge in [-0.2, -0.15) is 0 Å². The van der Waals surface area contributed by atoms with Crippen LogP contribution in [-0.4, -0.2) is 30.5 Å². The lowest BCUT2D eigenvalue weighted by Gasteiger charge is -2.24. The number of hydrogen-bond donors (Lipinski definition) is 1. The van der Waals surface area contributed by atoms with Crippen molar-refractivity contribution in [2.45, 2.75) is 25.8 Å². The summed E-state index contributed by atoms with van der Waals surface area (Å²) in [5.41, 5.74) is 4.35. The molecule has 4 nitrogen and oxygen atoms in total. The molecule has 1 N–H and O–H groups in total. The van der Waals surface area contributed by atoms with E-state index in [2.05, 4.69) is 47.5 Å². The van der Waals surface area contributed by atoms with Crippen LogP contribution >= 0.6 is 0 Å². The Balaban J connectivity index is 1.63. The zero-order chi connectivity index (χ0) is 16.5. The zero-order valence-corrected chi connectivity index (χ0v) is 13.9. The van der Waals surface area contributed by atoms with E-state index in [1.54, 1.807) is 0 Å². The molecule has 0 aromatic heterocycles. The number of amides is 1. The normalized spacial score (nSPS) is 18.6. The van der Waals surface area contributed by atoms with E-state index < -0.39 is 0 Å². The zero-order valence-electron chi connectivity index (χ0n) is 13.9. The molecule has 4 rings (SSSR count). The van der Waals surface area contributed by atoms with Gasteiger partial charge in [-0.15, -0.1) is 0 Å². The second-order valence-electron chi connectivity index (χ2n) is 6.59. The number of rotatable bonds is 3. The number of carbonyl (C=O) groups is 1. The Hall–Kier alpha value is -2.33. The summed E-state index contributed by atoms with van der Waals surface area (Å²) in [6.07, 6.45) is 2.60. The molecule has 4 heteroatoms. The van der Waals surface area contributed by atoms with Crippen molar-refractivity contribution in [2.75, 3.05) is 25.0 Å². The Morgan fingerprint density at radius 2 is 1.88 bits per heavy atom. The molecular formula is C20H22N2O2. The van der Waals surface area contributed by atoms with Gasteiger partial charge in [0, 0.05) is 6.04 Å². The van der Waals surface area contributed by atoms with Crippen LogP contribution in [0, 0.1) is 0 Å². The molecule has 2 aliphatic rings. The van der Waals surface area contributed by atoms with Crippen LogP contribution in [0.25, 0.3) is 11.1 Å². The topological polar surface area (TPSA) is 41.6 Å². The summed E-state index contributed by atoms with van der Waals surface area (Å²) in [6, 6.07) is 15.1. The van der Waals surface area contributed by atoms with E-state index in [0.29, 0.717) is 6.04 Å². The summed E-state index contributed by atoms with van der Waals surface area (Å²) < 4.78 is 5.44. The number of benzene rings is 2. The highest BCUT2D eigenvalue weighted by Gasteiger charge is 2.20. The van der Waals surface area contributed by atoms with Gasteiger partial charge in [0.25, 0.3) is 5.91 Å². The molecule has 0 saturated carbocycles. The average molecular weight is 322 g/mol. The van der Waals surface area contributed by atoms with Gasteiger partial charge >= 0.3 is 0 Å². The van der Waals surface area contributed by atoms with Crippen molar-refractivity contribution in [3.63, 3.8) is 0 Å². The number of anilines is 1. The van der Waals surface area contributed by atoms with Crippen LogP contribution in [0.4, 0.5) is 5.69 Å². The Morgan fingerprint density at radius 1 is 1.08 bits per heavy atom. The molecule has 1 amide bonds. The van der Waals surface area contributed by atoms with E-state index in [-0.39, 0.29) is 12.5 Å². The van der Waals surface area contributed by atoms with Gasteiger partial charge in [0.1, 0.15) is 5.75 Å². The number of nitrogens with one attached hydrogen (secondary N) is 1. The second-order valence-corrected chi connectivity index (χ2v) is 6.59. The van der Waals surface area contributed by atoms with Crippen LogP contribution in [0.15, 0.2) is 42.5 Å². The number of hydrogen-bond acceptors (Lipinski definition) is 3. The molecule has 0 bridgehead atoms. The minimum atomic E-state index is -0.101. The lowest BCUT2D eigenvalue weighted by atomic mass is 9.99. The fraction of sp³-hybridized carbons (Fsp3) is 0.350. The Kier molecular flexibility index (Phi) is 3.98. The van der Waals surface area contributed by atoms with Crippen LogP contribution in [0.5, 0.6) is 5.75 Å². The minimum Gasteiger partial charge on any atom is -0.482 e. The highest BCUT2D eigenvalue weighted by molar-refractivity contribution is 5.96. The highest BCUT2D eigenvalue weighted by Crippen LogP contribution is 2.34. The number of nitrogens with zero attached hydrogens (tertiary/aromatic N) is 1. The summed E-state index contributed by atoms with van der Waals surface area (Å²) in [6.45, 7) is 4.75. The second kappa shape index (κ2) is 6.29. The standard InChI is InChI=1S/C20H22N2O2/c1-14(22-9-2-3-10-22)15-5-4-6-16(11-15)17-7-8-19-18(12-17)21-20(23)13-24-19/h4-8,11-12,14H,2-3,9-10,13H2,1H3,(H,21,23)/t14-/m1/s1. The van der Waals surface area contributed by atoms with Crippen LogP contribution in [0.1, 0.15) is 31.4 Å². The fourth-order valence-corrected chi connectivity index (χ4v) is 3.58. The quantitative estimate of drug-likeness (QED) is 0.933. The first kappa shape index (κ1) is 15.2. The van der Waals surface area contributed by atoms with Crippen LogP contribution in [0.3, 0.4) is 0 Å². The molecule has 2 aliphatic heterocycles. The molecule has 2 aromatic carbocycles. The molecule has 124 valence electrons. The molecule has 0 unspecified atom stereocenters. The van der Waals surface area contributed by atoms with Gasteiger partial charge in [-0.25, -0.2) is 0 Å². The first-order valence-corrected chi connectivity index (χ1v) is 8.62. The molecule has 2 heterocycles. The molecule has 1 fully saturated rings. The third-order valence-electron chi connectivity index (χ3n) is 5.00. The number of ether oxygens (including phenoxy) is 1. The predicted molar refractivity (Wildman–Crippen MR) is 95.2 cm³/mol. The first-order chi connectivity index (χ1) is 11.7. The van der Waals surface area contributed by atoms with Crippen molar-refractivity contribution < 1.29 is 9.53 Å². The maximum Gasteiger partial charge on any atom is 0.262 e. The van der Waals surface area contributed by atoms with Gasteiger partial charge in [-0.3, -0.25) is 9.69 Å². The molecule has 1 atom stereocenters. The molecular weight excluding hydrogens is 300 g/mol. The summed E-state index contributed by atoms with van der Waals surface area (Å²) in [4.78, 5) is 14.1. The minimum absolute atomic E-state index is 0.0924. The summed E-state index contributed by atoms with van der Waals surface area (Å²) in [7, 11) is 0. The lowest BCUT2D eigenvalue weighted by Crippen LogP contribution is -2.25. The van der Waals surface area contributed by atoms with Gasteiger partial charge in [0.05, 0.1) is 5.69 Å². The molecule has 0 spiro atoms. The van der Waals surface area contributed by atoms with Crippen LogP contribution in [0.2, 0.25) is 0 Å². The average Bonchev–Trinajstić information content (AvgIpc) is 3.15. The maximum atomic E-state index is 11.5. The van der Waals surface area contributed by atoms with Gasteiger partial charge in [0.2, 0.25) is 0 Å². The molecule has 0 radical (unpaired) electrons. The molecule has 24 heavy (non-hydrogen) atoms. The number of likely N-dealkylation sites (tertiary alicyclic amines) is 1. The molecule has 0 aliphatic carbocycles. The molecule has 1 saturated heterocycles. The van der Waals surface area contributed by atoms with E-state index in [0.717, 1.165) is 17.0 Å². The van der Waals surface area contributed by atoms with Gasteiger partial charge in [-0.05, 0) is 67.7 Å². The summed E-state index contributed by atoms with van der Waals surface area (Å²) >= 11 is 0. The summed E-state index contributed by atoms with van der Waals surface area (Å²) in [5.74, 6) is 0.635. The first-order valence-electron chi connectivity index (χ1n) is 8.62. The fourth-order valence-electron chi connectivity index (χ4n) is 3.58. The van der Waals surface area contributed by atoms with Crippen molar-refractivity contribution in [1.29, 1.82) is 0 Å². The van der Waals surface area contributed by atoms with E-state index >= 15 is 0 Å². The highest BCUT2D eigenvalue weighted by atomic mass is 16.5. The van der Waals surface area contributed by atoms with E-state index in [1.807, 2.05) is 12.1 Å². The lowest BCUT2D eigenvalue weighted by molar-refractivity contribution is -0.118. The van der Waals surface area contributed by atoms with Crippen LogP contribution in [-0.2, 0) is 4.79 Å². The monoisotopic (exact) mass is 322 g/mol. The van der Waals surface area contributed by atoms with Crippen molar-refractivity contribution in [1.82, 2.24) is 4.90 Å². The Morgan fingerprint density at radius 3 is 2.71 bits per heavy atom. The number of carbonyl (C=O) groups excluding carboxylic acids is 1. The van der Waals surface area contributed by atoms with E-state index in [4.69, 9.17) is 4.74 Å². The predicted octanol–water partition coefficient (Wildman–Crippen LogP) is 3.84. The van der Waals surface area contributed by atoms with E-state index in [9.17, 15) is 4.79 Å². The van der Waals surface area contributed by atoms with Crippen LogP contribution < -0.4 is 10.1 Å². The van der Waals surface area contributed by atoms with Crippen molar-refractivity contribution >= 4 is 11.6 Å². The van der Waals surface area contributed by atoms with Crippen molar-refractivity contribution in [2.24, 2.45) is 0 Å². The van der Waals surface area contributed by atoms with E-state index in [1.165, 1.54) is 37.1 Å². The SMILES string of the molecule is C[C@H](c1cccc(-c2ccc3c(c2)NC(=O)CO3)c1)N1CCCC1. The van der Waals surface area contributed by atoms with Gasteiger partial charge in [-0.1, -0.05) is 24.3 Å². The smallest absolute Gasteiger partial charge is 0.262 e. The third-order valence-corrected chi connectivity index (χ3v) is 5.00. The molecule has 2 aromatic rings. The van der Waals surface area contributed by atoms with Gasteiger partial charge < -0.3 is 10.1 Å². The van der Waals surface area contributed by atoms with Crippen molar-refractivity contribution in [3.8, 4) is 16.9 Å². The largest absolute Gasteiger partial charge is 0.482 e. The number of fused-ring (bicyclic) bond motifs is 1. The Bertz CT molecular complexity index is 766. The maximum absolute atomic E-state index is 11.5. The summed E-state index contributed by atoms with van der Waals surface area (Å²) in [5, 5.41) is 2.88. The van der Waals surface area contributed by atoms with Crippen molar-refractivity contribution in [3.05, 3.63) is 48.0 Å².